The van der Waals surface area contributed by atoms with Gasteiger partial charge in [-0.25, -0.2) is 0 Å². The summed E-state index contributed by atoms with van der Waals surface area (Å²) in [4.78, 5) is 14.7. The number of ether oxygens (including phenoxy) is 1. The average Bonchev–Trinajstić information content (AvgIpc) is 3.08. The van der Waals surface area contributed by atoms with Crippen LogP contribution < -0.4 is 11.1 Å². The number of rotatable bonds is 3. The van der Waals surface area contributed by atoms with E-state index in [0.29, 0.717) is 13.2 Å². The number of nitrogen functional groups attached to an aromatic ring is 1. The molecule has 1 amide bonds. The lowest BCUT2D eigenvalue weighted by Gasteiger charge is -2.34. The Labute approximate surface area is 128 Å². The molecular formula is C13H20ClN5O2. The van der Waals surface area contributed by atoms with Gasteiger partial charge in [0, 0.05) is 0 Å². The van der Waals surface area contributed by atoms with Gasteiger partial charge in [0.05, 0.1) is 25.3 Å². The van der Waals surface area contributed by atoms with Crippen molar-refractivity contribution in [3.05, 3.63) is 10.7 Å². The second kappa shape index (κ2) is 6.21. The molecular weight excluding hydrogens is 294 g/mol. The Kier molecular flexibility index (Phi) is 4.32. The number of carbonyl (C=O) groups excluding carboxylic acids is 1. The summed E-state index contributed by atoms with van der Waals surface area (Å²) in [5.74, 6) is -0.154. The zero-order chi connectivity index (χ0) is 14.8. The number of nitrogens with one attached hydrogen (secondary N) is 2. The third-order valence-electron chi connectivity index (χ3n) is 4.19. The van der Waals surface area contributed by atoms with Crippen molar-refractivity contribution in [1.29, 1.82) is 0 Å². The van der Waals surface area contributed by atoms with Crippen LogP contribution in [0.2, 0.25) is 5.02 Å². The quantitative estimate of drug-likeness (QED) is 0.760. The number of aromatic nitrogens is 2. The van der Waals surface area contributed by atoms with Gasteiger partial charge < -0.3 is 15.8 Å². The lowest BCUT2D eigenvalue weighted by Crippen LogP contribution is -2.52. The average molecular weight is 314 g/mol. The monoisotopic (exact) mass is 313 g/mol. The Hall–Kier alpha value is -1.31. The Morgan fingerprint density at radius 1 is 1.38 bits per heavy atom. The van der Waals surface area contributed by atoms with Gasteiger partial charge in [0.1, 0.15) is 10.7 Å². The molecule has 1 aromatic heterocycles. The fourth-order valence-electron chi connectivity index (χ4n) is 3.02. The van der Waals surface area contributed by atoms with Crippen LogP contribution in [0, 0.1) is 0 Å². The molecule has 0 radical (unpaired) electrons. The minimum absolute atomic E-state index is 0.0313. The maximum atomic E-state index is 12.3. The highest BCUT2D eigenvalue weighted by atomic mass is 35.5. The molecule has 2 atom stereocenters. The second-order valence-corrected chi connectivity index (χ2v) is 5.96. The number of nitrogens with two attached hydrogens (primary N) is 1. The minimum Gasteiger partial charge on any atom is -0.381 e. The summed E-state index contributed by atoms with van der Waals surface area (Å²) >= 11 is 5.95. The summed E-state index contributed by atoms with van der Waals surface area (Å²) in [7, 11) is 0. The zero-order valence-corrected chi connectivity index (χ0v) is 12.5. The van der Waals surface area contributed by atoms with Crippen molar-refractivity contribution in [2.24, 2.45) is 0 Å². The number of anilines is 1. The van der Waals surface area contributed by atoms with Gasteiger partial charge in [-0.3, -0.25) is 14.8 Å². The van der Waals surface area contributed by atoms with Gasteiger partial charge in [-0.15, -0.1) is 0 Å². The topological polar surface area (TPSA) is 96.3 Å². The SMILES string of the molecule is Nc1n[nH]c(C(=O)N[C@@H]2COC[C@H]2N2CCCCC2)c1Cl. The number of H-pyrrole nitrogens is 1. The van der Waals surface area contributed by atoms with Gasteiger partial charge in [0.25, 0.3) is 5.91 Å². The molecule has 4 N–H and O–H groups in total. The standard InChI is InChI=1S/C13H20ClN5O2/c14-10-11(17-18-12(10)15)13(20)16-8-6-21-7-9(8)19-4-2-1-3-5-19/h8-9H,1-7H2,(H,16,20)(H3,15,17,18)/t8-,9-/m1/s1. The van der Waals surface area contributed by atoms with Gasteiger partial charge >= 0.3 is 0 Å². The van der Waals surface area contributed by atoms with E-state index in [4.69, 9.17) is 22.1 Å². The molecule has 8 heteroatoms. The van der Waals surface area contributed by atoms with Crippen LogP contribution in [-0.2, 0) is 4.74 Å². The number of amides is 1. The van der Waals surface area contributed by atoms with Crippen molar-refractivity contribution in [2.75, 3.05) is 32.0 Å². The molecule has 2 aliphatic rings. The van der Waals surface area contributed by atoms with Gasteiger partial charge in [0.2, 0.25) is 0 Å². The number of aromatic amines is 1. The first-order chi connectivity index (χ1) is 10.2. The highest BCUT2D eigenvalue weighted by molar-refractivity contribution is 6.35. The summed E-state index contributed by atoms with van der Waals surface area (Å²) < 4.78 is 5.56. The van der Waals surface area contributed by atoms with Crippen LogP contribution in [0.4, 0.5) is 5.82 Å². The van der Waals surface area contributed by atoms with E-state index in [2.05, 4.69) is 20.4 Å². The molecule has 0 saturated carbocycles. The summed E-state index contributed by atoms with van der Waals surface area (Å²) in [6.07, 6.45) is 3.70. The van der Waals surface area contributed by atoms with E-state index in [-0.39, 0.29) is 34.5 Å². The fraction of sp³-hybridized carbons (Fsp3) is 0.692. The zero-order valence-electron chi connectivity index (χ0n) is 11.8. The van der Waals surface area contributed by atoms with Crippen LogP contribution in [0.5, 0.6) is 0 Å². The highest BCUT2D eigenvalue weighted by Gasteiger charge is 2.35. The van der Waals surface area contributed by atoms with Crippen molar-refractivity contribution in [2.45, 2.75) is 31.3 Å². The normalized spacial score (nSPS) is 26.9. The smallest absolute Gasteiger partial charge is 0.271 e. The molecule has 2 fully saturated rings. The summed E-state index contributed by atoms with van der Waals surface area (Å²) in [5, 5.41) is 9.45. The van der Waals surface area contributed by atoms with Gasteiger partial charge in [-0.1, -0.05) is 18.0 Å². The fourth-order valence-corrected chi connectivity index (χ4v) is 3.19. The summed E-state index contributed by atoms with van der Waals surface area (Å²) in [6.45, 7) is 3.31. The van der Waals surface area contributed by atoms with Gasteiger partial charge in [-0.05, 0) is 25.9 Å². The molecule has 116 valence electrons. The lowest BCUT2D eigenvalue weighted by molar-refractivity contribution is 0.0895. The molecule has 3 rings (SSSR count). The Morgan fingerprint density at radius 3 is 2.81 bits per heavy atom. The predicted molar refractivity (Wildman–Crippen MR) is 79.3 cm³/mol. The number of hydrogen-bond acceptors (Lipinski definition) is 5. The molecule has 0 spiro atoms. The van der Waals surface area contributed by atoms with Crippen molar-refractivity contribution in [3.63, 3.8) is 0 Å². The van der Waals surface area contributed by atoms with Crippen LogP contribution in [0.15, 0.2) is 0 Å². The molecule has 7 nitrogen and oxygen atoms in total. The number of likely N-dealkylation sites (tertiary alicyclic amines) is 1. The first kappa shape index (κ1) is 14.6. The first-order valence-electron chi connectivity index (χ1n) is 7.29. The van der Waals surface area contributed by atoms with Crippen LogP contribution in [0.3, 0.4) is 0 Å². The summed E-state index contributed by atoms with van der Waals surface area (Å²) in [5.41, 5.74) is 5.75. The molecule has 0 unspecified atom stereocenters. The predicted octanol–water partition coefficient (Wildman–Crippen LogP) is 0.628. The van der Waals surface area contributed by atoms with Crippen molar-refractivity contribution in [1.82, 2.24) is 20.4 Å². The van der Waals surface area contributed by atoms with E-state index in [9.17, 15) is 4.79 Å². The maximum absolute atomic E-state index is 12.3. The maximum Gasteiger partial charge on any atom is 0.271 e. The molecule has 2 saturated heterocycles. The third kappa shape index (κ3) is 3.00. The molecule has 21 heavy (non-hydrogen) atoms. The molecule has 3 heterocycles. The number of nitrogens with zero attached hydrogens (tertiary/aromatic N) is 2. The van der Waals surface area contributed by atoms with E-state index < -0.39 is 0 Å². The number of piperidine rings is 1. The minimum atomic E-state index is -0.290. The Balaban J connectivity index is 1.65. The second-order valence-electron chi connectivity index (χ2n) is 5.58. The molecule has 1 aromatic rings. The van der Waals surface area contributed by atoms with Gasteiger partial charge in [-0.2, -0.15) is 5.10 Å². The first-order valence-corrected chi connectivity index (χ1v) is 7.66. The van der Waals surface area contributed by atoms with Crippen LogP contribution in [0.1, 0.15) is 29.8 Å². The van der Waals surface area contributed by atoms with E-state index in [1.54, 1.807) is 0 Å². The Bertz CT molecular complexity index is 515. The van der Waals surface area contributed by atoms with Crippen molar-refractivity contribution < 1.29 is 9.53 Å². The molecule has 0 aromatic carbocycles. The molecule has 0 bridgehead atoms. The Morgan fingerprint density at radius 2 is 2.14 bits per heavy atom. The van der Waals surface area contributed by atoms with Crippen molar-refractivity contribution >= 4 is 23.3 Å². The van der Waals surface area contributed by atoms with E-state index >= 15 is 0 Å². The van der Waals surface area contributed by atoms with Crippen LogP contribution in [0.25, 0.3) is 0 Å². The van der Waals surface area contributed by atoms with E-state index in [0.717, 1.165) is 13.1 Å². The van der Waals surface area contributed by atoms with E-state index in [1.807, 2.05) is 0 Å². The van der Waals surface area contributed by atoms with Crippen molar-refractivity contribution in [3.8, 4) is 0 Å². The van der Waals surface area contributed by atoms with Gasteiger partial charge in [0.15, 0.2) is 5.82 Å². The molecule has 2 aliphatic heterocycles. The lowest BCUT2D eigenvalue weighted by atomic mass is 10.0. The summed E-state index contributed by atoms with van der Waals surface area (Å²) in [6, 6.07) is 0.199. The molecule has 0 aliphatic carbocycles. The number of carbonyl (C=O) groups is 1. The van der Waals surface area contributed by atoms with E-state index in [1.165, 1.54) is 19.3 Å². The largest absolute Gasteiger partial charge is 0.381 e. The number of halogens is 1. The van der Waals surface area contributed by atoms with Crippen LogP contribution >= 0.6 is 11.6 Å². The third-order valence-corrected chi connectivity index (χ3v) is 4.57. The number of hydrogen-bond donors (Lipinski definition) is 3. The highest BCUT2D eigenvalue weighted by Crippen LogP contribution is 2.22. The van der Waals surface area contributed by atoms with Crippen LogP contribution in [-0.4, -0.2) is 59.4 Å².